The molecule has 5 N–H and O–H groups in total. The zero-order valence-corrected chi connectivity index (χ0v) is 56.3. The average molecular weight is 1380 g/mol. The summed E-state index contributed by atoms with van der Waals surface area (Å²) in [5, 5.41) is 32.9. The fourth-order valence-electron chi connectivity index (χ4n) is 9.76. The molecule has 0 aliphatic carbocycles. The zero-order chi connectivity index (χ0) is 70.2. The second-order valence-electron chi connectivity index (χ2n) is 21.4. The largest absolute Gasteiger partial charge is 0.480 e. The first-order valence-corrected chi connectivity index (χ1v) is 32.8. The Labute approximate surface area is 550 Å². The van der Waals surface area contributed by atoms with E-state index >= 15 is 0 Å². The molecule has 17 atom stereocenters. The number of hydrogen-bond donors (Lipinski definition) is 5. The lowest BCUT2D eigenvalue weighted by Crippen LogP contribution is -2.59. The van der Waals surface area contributed by atoms with Gasteiger partial charge in [0.15, 0.2) is 54.9 Å². The molecule has 524 valence electrons. The lowest BCUT2D eigenvalue weighted by Gasteiger charge is -2.43. The number of esters is 9. The molecule has 3 fully saturated rings. The third kappa shape index (κ3) is 30.3. The van der Waals surface area contributed by atoms with Crippen LogP contribution in [-0.2, 0) is 124 Å². The van der Waals surface area contributed by atoms with Gasteiger partial charge >= 0.3 is 59.7 Å². The summed E-state index contributed by atoms with van der Waals surface area (Å²) in [4.78, 5) is 175. The van der Waals surface area contributed by atoms with Gasteiger partial charge in [0.2, 0.25) is 23.6 Å². The van der Waals surface area contributed by atoms with E-state index in [0.717, 1.165) is 97.6 Å². The molecule has 0 spiro atoms. The van der Waals surface area contributed by atoms with Crippen LogP contribution in [0.2, 0.25) is 0 Å². The van der Waals surface area contributed by atoms with Crippen LogP contribution in [0.4, 0.5) is 0 Å². The number of amides is 4. The summed E-state index contributed by atoms with van der Waals surface area (Å²) in [5.41, 5.74) is -2.89. The number of carbonyl (C=O) groups excluding carboxylic acids is 13. The highest BCUT2D eigenvalue weighted by molar-refractivity contribution is 8.00. The maximum absolute atomic E-state index is 14.0. The molecule has 3 rings (SSSR count). The van der Waals surface area contributed by atoms with Crippen molar-refractivity contribution in [3.63, 3.8) is 0 Å². The topological polar surface area (TPSA) is 466 Å². The number of carboxylic acid groups (broad SMARTS) is 1. The summed E-state index contributed by atoms with van der Waals surface area (Å²) < 4.78 is 66.9. The smallest absolute Gasteiger partial charge is 0.326 e. The number of rotatable bonds is 35. The quantitative estimate of drug-likeness (QED) is 0.0260. The third-order valence-electron chi connectivity index (χ3n) is 13.5. The molecule has 36 heteroatoms. The molecule has 0 aromatic rings. The van der Waals surface area contributed by atoms with Crippen molar-refractivity contribution in [3.05, 3.63) is 0 Å². The van der Waals surface area contributed by atoms with Crippen LogP contribution in [0.5, 0.6) is 0 Å². The highest BCUT2D eigenvalue weighted by Gasteiger charge is 2.53. The number of unbranched alkanes of at least 4 members (excludes halogenated alkanes) is 2. The first-order chi connectivity index (χ1) is 43.8. The third-order valence-corrected chi connectivity index (χ3v) is 16.9. The molecule has 0 saturated carbocycles. The maximum Gasteiger partial charge on any atom is 0.326 e. The maximum atomic E-state index is 14.0. The van der Waals surface area contributed by atoms with Crippen molar-refractivity contribution in [2.45, 2.75) is 243 Å². The Morgan fingerprint density at radius 2 is 0.634 bits per heavy atom. The molecule has 0 radical (unpaired) electrons. The Hall–Kier alpha value is -7.07. The fourth-order valence-corrected chi connectivity index (χ4v) is 13.3. The van der Waals surface area contributed by atoms with Crippen LogP contribution >= 0.6 is 35.3 Å². The van der Waals surface area contributed by atoms with Gasteiger partial charge in [-0.2, -0.15) is 0 Å². The first kappa shape index (κ1) is 82.0. The van der Waals surface area contributed by atoms with Gasteiger partial charge < -0.3 is 83.2 Å². The number of carboxylic acids is 1. The monoisotopic (exact) mass is 1380 g/mol. The molecule has 3 aliphatic rings. The normalized spacial score (nSPS) is 26.1. The Morgan fingerprint density at radius 3 is 0.914 bits per heavy atom. The lowest BCUT2D eigenvalue weighted by molar-refractivity contribution is -0.229. The van der Waals surface area contributed by atoms with Gasteiger partial charge in [0.05, 0.1) is 18.3 Å². The Kier molecular flexibility index (Phi) is 37.3. The second kappa shape index (κ2) is 42.3. The van der Waals surface area contributed by atoms with E-state index in [1.165, 1.54) is 0 Å². The van der Waals surface area contributed by atoms with Crippen LogP contribution in [0.15, 0.2) is 0 Å². The molecule has 3 aliphatic heterocycles. The van der Waals surface area contributed by atoms with Crippen LogP contribution in [0.25, 0.3) is 0 Å². The van der Waals surface area contributed by atoms with Gasteiger partial charge in [0, 0.05) is 123 Å². The minimum Gasteiger partial charge on any atom is -0.480 e. The molecule has 0 aromatic heterocycles. The minimum atomic E-state index is -1.44. The van der Waals surface area contributed by atoms with Gasteiger partial charge in [-0.25, -0.2) is 4.79 Å². The number of thioether (sulfide) groups is 3. The Balaban J connectivity index is 0.0000146. The predicted molar refractivity (Wildman–Crippen MR) is 323 cm³/mol. The molecule has 33 nitrogen and oxygen atoms in total. The van der Waals surface area contributed by atoms with Crippen molar-refractivity contribution in [1.29, 1.82) is 10.8 Å². The summed E-state index contributed by atoms with van der Waals surface area (Å²) >= 11 is 3.22. The van der Waals surface area contributed by atoms with Gasteiger partial charge in [0.25, 0.3) is 0 Å². The van der Waals surface area contributed by atoms with Gasteiger partial charge in [-0.1, -0.05) is 0 Å². The first-order valence-electron chi connectivity index (χ1n) is 29.7. The highest BCUT2D eigenvalue weighted by atomic mass is 32.2. The van der Waals surface area contributed by atoms with Crippen molar-refractivity contribution >= 4 is 119 Å². The van der Waals surface area contributed by atoms with E-state index in [2.05, 4.69) is 21.3 Å². The molecule has 3 saturated heterocycles. The molecule has 0 bridgehead atoms. The number of hydrogen-bond acceptors (Lipinski definition) is 31. The molecule has 4 amide bonds. The molecular formula is C57H86N6O27S3. The van der Waals surface area contributed by atoms with E-state index in [9.17, 15) is 72.2 Å². The summed E-state index contributed by atoms with van der Waals surface area (Å²) in [5.74, 6) is -9.89. The molecular weight excluding hydrogens is 1300 g/mol. The van der Waals surface area contributed by atoms with Crippen molar-refractivity contribution in [2.24, 2.45) is 0 Å². The molecule has 0 aromatic carbocycles. The Morgan fingerprint density at radius 1 is 0.376 bits per heavy atom. The van der Waals surface area contributed by atoms with E-state index in [1.54, 1.807) is 20.8 Å². The SMILES string of the molecule is CC(=O)O[C@@H]1[C@H](OC(C)=O)[C@H](C)O[C@H](SCCC(=O)NCCCC[C@H](NC(=O)[C@H](CCCCNC(=O)CCS[C@H]2O[C@@H](C)[C@@H](OC(C)=O)[C@@H](OC(C)=O)[C@@H]2OC(C)=O)NC(=O)CCS[C@H]2O[C@@H](C)[C@@H](OC(C)=O)[C@@H](OC(C)=O)[C@@H]2OC(C)=O)C(=O)O)[C@H]1OC(C)=O.N#N. The van der Waals surface area contributed by atoms with E-state index in [4.69, 9.17) is 67.6 Å². The van der Waals surface area contributed by atoms with E-state index in [-0.39, 0.29) is 94.0 Å². The molecule has 93 heavy (non-hydrogen) atoms. The van der Waals surface area contributed by atoms with Crippen LogP contribution in [-0.4, -0.2) is 220 Å². The summed E-state index contributed by atoms with van der Waals surface area (Å²) in [6, 6.07) is -2.74. The van der Waals surface area contributed by atoms with Gasteiger partial charge in [-0.3, -0.25) is 62.3 Å². The van der Waals surface area contributed by atoms with Crippen LogP contribution in [0.1, 0.15) is 141 Å². The molecule has 3 heterocycles. The number of carbonyl (C=O) groups is 14. The van der Waals surface area contributed by atoms with Crippen LogP contribution < -0.4 is 21.3 Å². The summed E-state index contributed by atoms with van der Waals surface area (Å²) in [7, 11) is 0. The highest BCUT2D eigenvalue weighted by Crippen LogP contribution is 2.37. The lowest BCUT2D eigenvalue weighted by atomic mass is 10.00. The van der Waals surface area contributed by atoms with E-state index in [0.29, 0.717) is 0 Å². The number of nitrogens with one attached hydrogen (secondary N) is 4. The van der Waals surface area contributed by atoms with Crippen LogP contribution in [0.3, 0.4) is 0 Å². The van der Waals surface area contributed by atoms with E-state index in [1.807, 2.05) is 0 Å². The average Bonchev–Trinajstić information content (AvgIpc) is 0.814. The standard InChI is InChI=1S/C57H86N4O27S3.N2/c1-27-44(80-30(4)62)47(83-33(7)65)50(86-36(10)68)55(77-27)89-24-19-41(71)58-22-15-13-17-39(60-43(73)21-26-91-57-52(88-38(12)70)49(85-35(9)67)46(29(3)79-57)82-32(6)64)53(74)61-40(54(75)76)18-14-16-23-59-42(72)20-25-90-56-51(87-37(11)69)48(84-34(8)66)45(28(2)78-56)81-31(5)63;1-2/h27-29,39-40,44-52,55-57H,13-26H2,1-12H3,(H,58,71)(H,59,72)(H,60,73)(H,61,74)(H,75,76);/t27-,28-,29-,39-,40-,44+,45+,46+,47+,48+,49+,50-,51-,52-,55+,56+,57+;/m0./s1. The van der Waals surface area contributed by atoms with Crippen molar-refractivity contribution in [3.8, 4) is 0 Å². The van der Waals surface area contributed by atoms with Gasteiger partial charge in [0.1, 0.15) is 28.4 Å². The number of aliphatic carboxylic acids is 1. The minimum absolute atomic E-state index is 0.0160. The number of ether oxygens (including phenoxy) is 12. The van der Waals surface area contributed by atoms with Crippen molar-refractivity contribution < 1.29 is 129 Å². The van der Waals surface area contributed by atoms with E-state index < -0.39 is 179 Å². The van der Waals surface area contributed by atoms with Gasteiger partial charge in [-0.15, -0.1) is 35.3 Å². The van der Waals surface area contributed by atoms with Crippen molar-refractivity contribution in [1.82, 2.24) is 21.3 Å². The molecule has 0 unspecified atom stereocenters. The number of nitrogens with zero attached hydrogens (tertiary/aromatic N) is 2. The van der Waals surface area contributed by atoms with Crippen LogP contribution in [0, 0.1) is 10.8 Å². The second-order valence-corrected chi connectivity index (χ2v) is 25.0. The Bertz CT molecular complexity index is 2600. The zero-order valence-electron chi connectivity index (χ0n) is 53.9. The summed E-state index contributed by atoms with van der Waals surface area (Å²) in [6.45, 7) is 15.2. The predicted octanol–water partition coefficient (Wildman–Crippen LogP) is 1.63. The van der Waals surface area contributed by atoms with Gasteiger partial charge in [-0.05, 0) is 59.3 Å². The fraction of sp³-hybridized carbons (Fsp3) is 0.754. The van der Waals surface area contributed by atoms with Crippen molar-refractivity contribution in [2.75, 3.05) is 30.3 Å². The summed E-state index contributed by atoms with van der Waals surface area (Å²) in [6.07, 6.45) is -12.7.